The Morgan fingerprint density at radius 1 is 1.13 bits per heavy atom. The van der Waals surface area contributed by atoms with Crippen LogP contribution in [-0.2, 0) is 11.2 Å². The van der Waals surface area contributed by atoms with E-state index in [1.54, 1.807) is 4.52 Å². The van der Waals surface area contributed by atoms with Gasteiger partial charge < -0.3 is 5.32 Å². The lowest BCUT2D eigenvalue weighted by Gasteiger charge is -2.29. The maximum absolute atomic E-state index is 12.4. The predicted octanol–water partition coefficient (Wildman–Crippen LogP) is 4.43. The summed E-state index contributed by atoms with van der Waals surface area (Å²) in [5.41, 5.74) is 5.69. The number of amides is 1. The normalized spacial score (nSPS) is 19.0. The third-order valence-electron chi connectivity index (χ3n) is 6.32. The van der Waals surface area contributed by atoms with E-state index in [4.69, 9.17) is 0 Å². The molecule has 2 aromatic heterocycles. The van der Waals surface area contributed by atoms with Gasteiger partial charge in [-0.3, -0.25) is 4.79 Å². The summed E-state index contributed by atoms with van der Waals surface area (Å²) >= 11 is 1.37. The van der Waals surface area contributed by atoms with Crippen molar-refractivity contribution in [1.82, 2.24) is 24.9 Å². The van der Waals surface area contributed by atoms with Gasteiger partial charge in [0, 0.05) is 23.9 Å². The zero-order valence-electron chi connectivity index (χ0n) is 18.8. The van der Waals surface area contributed by atoms with Gasteiger partial charge in [-0.25, -0.2) is 9.50 Å². The van der Waals surface area contributed by atoms with Crippen molar-refractivity contribution < 1.29 is 4.79 Å². The quantitative estimate of drug-likeness (QED) is 0.578. The van der Waals surface area contributed by atoms with E-state index < -0.39 is 0 Å². The molecular formula is C24H31N5OS. The smallest absolute Gasteiger partial charge is 0.253 e. The molecule has 6 nitrogen and oxygen atoms in total. The summed E-state index contributed by atoms with van der Waals surface area (Å²) in [6.45, 7) is 8.41. The lowest BCUT2D eigenvalue weighted by Crippen LogP contribution is -2.41. The number of carbonyl (C=O) groups excluding carboxylic acids is 1. The molecule has 7 heteroatoms. The summed E-state index contributed by atoms with van der Waals surface area (Å²) in [4.78, 5) is 21.7. The van der Waals surface area contributed by atoms with Crippen molar-refractivity contribution in [1.29, 1.82) is 0 Å². The van der Waals surface area contributed by atoms with Crippen LogP contribution in [0.2, 0.25) is 0 Å². The number of hydrogen-bond acceptors (Lipinski definition) is 5. The summed E-state index contributed by atoms with van der Waals surface area (Å²) in [6.07, 6.45) is 5.56. The summed E-state index contributed by atoms with van der Waals surface area (Å²) in [6, 6.07) is 8.89. The minimum Gasteiger partial charge on any atom is -0.352 e. The maximum Gasteiger partial charge on any atom is 0.253 e. The topological polar surface area (TPSA) is 72.2 Å². The fourth-order valence-corrected chi connectivity index (χ4v) is 4.96. The molecule has 4 rings (SSSR count). The van der Waals surface area contributed by atoms with Crippen LogP contribution in [-0.4, -0.2) is 37.3 Å². The number of nitrogens with zero attached hydrogens (tertiary/aromatic N) is 4. The van der Waals surface area contributed by atoms with Crippen LogP contribution in [0, 0.1) is 26.7 Å². The highest BCUT2D eigenvalue weighted by Crippen LogP contribution is 2.24. The molecule has 1 aliphatic rings. The van der Waals surface area contributed by atoms with Crippen molar-refractivity contribution in [3.05, 3.63) is 52.3 Å². The van der Waals surface area contributed by atoms with Crippen molar-refractivity contribution in [2.45, 2.75) is 71.0 Å². The molecule has 2 atom stereocenters. The number of aryl methyl sites for hydroxylation is 3. The highest BCUT2D eigenvalue weighted by Gasteiger charge is 2.23. The van der Waals surface area contributed by atoms with Crippen molar-refractivity contribution in [2.24, 2.45) is 5.92 Å². The van der Waals surface area contributed by atoms with E-state index in [1.807, 2.05) is 6.92 Å². The Morgan fingerprint density at radius 2 is 1.87 bits per heavy atom. The standard InChI is InChI=1S/C24H31N5OS/c1-15-9-11-19(12-10-15)13-20-17(3)25-23-27-24(28-29(23)18(20)4)31-14-22(30)26-21-8-6-5-7-16(21)2/h9-12,16,21H,5-8,13-14H2,1-4H3,(H,26,30)/t16-,21-/m1/s1. The number of nitrogens with one attached hydrogen (secondary N) is 1. The summed E-state index contributed by atoms with van der Waals surface area (Å²) in [5.74, 6) is 1.53. The van der Waals surface area contributed by atoms with Gasteiger partial charge in [0.2, 0.25) is 11.1 Å². The zero-order valence-corrected chi connectivity index (χ0v) is 19.6. The maximum atomic E-state index is 12.4. The van der Waals surface area contributed by atoms with Crippen LogP contribution in [0.1, 0.15) is 60.7 Å². The van der Waals surface area contributed by atoms with E-state index in [-0.39, 0.29) is 5.91 Å². The van der Waals surface area contributed by atoms with E-state index in [0.29, 0.717) is 28.6 Å². The third-order valence-corrected chi connectivity index (χ3v) is 7.16. The molecule has 1 fully saturated rings. The lowest BCUT2D eigenvalue weighted by atomic mass is 9.86. The lowest BCUT2D eigenvalue weighted by molar-refractivity contribution is -0.119. The molecule has 1 aliphatic carbocycles. The highest BCUT2D eigenvalue weighted by molar-refractivity contribution is 7.99. The molecule has 31 heavy (non-hydrogen) atoms. The zero-order chi connectivity index (χ0) is 22.0. The Bertz CT molecular complexity index is 1080. The first kappa shape index (κ1) is 21.8. The van der Waals surface area contributed by atoms with Crippen LogP contribution in [0.15, 0.2) is 29.4 Å². The van der Waals surface area contributed by atoms with Gasteiger partial charge in [0.05, 0.1) is 5.75 Å². The minimum atomic E-state index is 0.0588. The van der Waals surface area contributed by atoms with E-state index in [2.05, 4.69) is 65.4 Å². The SMILES string of the molecule is Cc1ccc(Cc2c(C)nc3nc(SCC(=O)N[C@@H]4CCCC[C@H]4C)nn3c2C)cc1. The molecule has 1 saturated carbocycles. The number of rotatable bonds is 6. The van der Waals surface area contributed by atoms with Gasteiger partial charge >= 0.3 is 0 Å². The largest absolute Gasteiger partial charge is 0.352 e. The number of hydrogen-bond donors (Lipinski definition) is 1. The average molecular weight is 438 g/mol. The molecule has 0 radical (unpaired) electrons. The predicted molar refractivity (Wildman–Crippen MR) is 125 cm³/mol. The van der Waals surface area contributed by atoms with Crippen molar-refractivity contribution in [3.63, 3.8) is 0 Å². The number of benzene rings is 1. The second-order valence-corrected chi connectivity index (χ2v) is 9.70. The molecule has 0 spiro atoms. The van der Waals surface area contributed by atoms with E-state index in [9.17, 15) is 4.79 Å². The first-order chi connectivity index (χ1) is 14.9. The Hall–Kier alpha value is -2.41. The van der Waals surface area contributed by atoms with Gasteiger partial charge in [0.1, 0.15) is 0 Å². The van der Waals surface area contributed by atoms with Gasteiger partial charge in [-0.05, 0) is 50.7 Å². The van der Waals surface area contributed by atoms with E-state index in [1.165, 1.54) is 47.7 Å². The van der Waals surface area contributed by atoms with Crippen LogP contribution in [0.3, 0.4) is 0 Å². The number of fused-ring (bicyclic) bond motifs is 1. The molecule has 0 unspecified atom stereocenters. The first-order valence-electron chi connectivity index (χ1n) is 11.1. The highest BCUT2D eigenvalue weighted by atomic mass is 32.2. The van der Waals surface area contributed by atoms with Crippen molar-refractivity contribution in [2.75, 3.05) is 5.75 Å². The fraction of sp³-hybridized carbons (Fsp3) is 0.500. The van der Waals surface area contributed by atoms with Crippen LogP contribution in [0.5, 0.6) is 0 Å². The molecule has 0 bridgehead atoms. The molecule has 164 valence electrons. The Kier molecular flexibility index (Phi) is 6.60. The van der Waals surface area contributed by atoms with Gasteiger partial charge in [0.25, 0.3) is 5.78 Å². The summed E-state index contributed by atoms with van der Waals surface area (Å²) < 4.78 is 1.81. The number of carbonyl (C=O) groups is 1. The Morgan fingerprint density at radius 3 is 2.61 bits per heavy atom. The van der Waals surface area contributed by atoms with E-state index >= 15 is 0 Å². The Labute approximate surface area is 188 Å². The number of thioether (sulfide) groups is 1. The van der Waals surface area contributed by atoms with Crippen LogP contribution in [0.25, 0.3) is 5.78 Å². The van der Waals surface area contributed by atoms with Gasteiger partial charge in [0.15, 0.2) is 0 Å². The molecule has 3 aromatic rings. The third kappa shape index (κ3) is 5.09. The Balaban J connectivity index is 1.45. The van der Waals surface area contributed by atoms with Crippen molar-refractivity contribution >= 4 is 23.4 Å². The van der Waals surface area contributed by atoms with Crippen LogP contribution >= 0.6 is 11.8 Å². The van der Waals surface area contributed by atoms with Gasteiger partial charge in [-0.1, -0.05) is 61.4 Å². The van der Waals surface area contributed by atoms with Crippen LogP contribution < -0.4 is 5.32 Å². The monoisotopic (exact) mass is 437 g/mol. The molecular weight excluding hydrogens is 406 g/mol. The van der Waals surface area contributed by atoms with Crippen molar-refractivity contribution in [3.8, 4) is 0 Å². The molecule has 1 aromatic carbocycles. The molecule has 2 heterocycles. The number of aromatic nitrogens is 4. The molecule has 0 saturated heterocycles. The molecule has 1 amide bonds. The van der Waals surface area contributed by atoms with Gasteiger partial charge in [-0.2, -0.15) is 4.98 Å². The van der Waals surface area contributed by atoms with Gasteiger partial charge in [-0.15, -0.1) is 5.10 Å². The summed E-state index contributed by atoms with van der Waals surface area (Å²) in [5, 5.41) is 8.42. The molecule has 0 aliphatic heterocycles. The first-order valence-corrected chi connectivity index (χ1v) is 12.1. The second-order valence-electron chi connectivity index (χ2n) is 8.75. The second kappa shape index (κ2) is 9.39. The average Bonchev–Trinajstić information content (AvgIpc) is 3.16. The fourth-order valence-electron chi connectivity index (χ4n) is 4.33. The van der Waals surface area contributed by atoms with Crippen LogP contribution in [0.4, 0.5) is 0 Å². The minimum absolute atomic E-state index is 0.0588. The van der Waals surface area contributed by atoms with E-state index in [0.717, 1.165) is 24.2 Å². The summed E-state index contributed by atoms with van der Waals surface area (Å²) in [7, 11) is 0. The molecule has 1 N–H and O–H groups in total.